The summed E-state index contributed by atoms with van der Waals surface area (Å²) in [6.45, 7) is 1.73. The highest BCUT2D eigenvalue weighted by atomic mass is 19.4. The summed E-state index contributed by atoms with van der Waals surface area (Å²) in [7, 11) is 2.92. The summed E-state index contributed by atoms with van der Waals surface area (Å²) in [5.74, 6) is -0.177. The summed E-state index contributed by atoms with van der Waals surface area (Å²) in [5, 5.41) is 20.1. The van der Waals surface area contributed by atoms with Gasteiger partial charge in [0.25, 0.3) is 0 Å². The van der Waals surface area contributed by atoms with E-state index in [4.69, 9.17) is 9.47 Å². The predicted octanol–water partition coefficient (Wildman–Crippen LogP) is 2.74. The Kier molecular flexibility index (Phi) is 5.76. The summed E-state index contributed by atoms with van der Waals surface area (Å²) >= 11 is 0. The molecule has 3 aromatic rings. The van der Waals surface area contributed by atoms with E-state index >= 15 is 0 Å². The van der Waals surface area contributed by atoms with Crippen molar-refractivity contribution in [3.63, 3.8) is 0 Å². The van der Waals surface area contributed by atoms with Crippen molar-refractivity contribution in [1.82, 2.24) is 25.6 Å². The van der Waals surface area contributed by atoms with E-state index in [0.717, 1.165) is 12.1 Å². The number of alkyl halides is 3. The van der Waals surface area contributed by atoms with E-state index in [1.807, 2.05) is 0 Å². The first-order chi connectivity index (χ1) is 14.2. The van der Waals surface area contributed by atoms with Crippen molar-refractivity contribution in [1.29, 1.82) is 0 Å². The number of aromatic amines is 1. The second-order valence-corrected chi connectivity index (χ2v) is 5.98. The van der Waals surface area contributed by atoms with Crippen LogP contribution in [-0.2, 0) is 6.18 Å². The summed E-state index contributed by atoms with van der Waals surface area (Å²) in [6, 6.07) is 3.92. The van der Waals surface area contributed by atoms with Crippen LogP contribution in [0.15, 0.2) is 35.6 Å². The summed E-state index contributed by atoms with van der Waals surface area (Å²) in [4.78, 5) is 7.41. The zero-order chi connectivity index (χ0) is 21.9. The molecule has 0 aliphatic heterocycles. The van der Waals surface area contributed by atoms with Gasteiger partial charge in [-0.05, 0) is 25.1 Å². The molecule has 0 saturated heterocycles. The molecule has 2 aromatic heterocycles. The van der Waals surface area contributed by atoms with Gasteiger partial charge in [-0.3, -0.25) is 5.10 Å². The number of hydrogen-bond donors (Lipinski definition) is 3. The minimum atomic E-state index is -4.59. The fourth-order valence-corrected chi connectivity index (χ4v) is 2.58. The first-order valence-corrected chi connectivity index (χ1v) is 8.49. The van der Waals surface area contributed by atoms with Crippen LogP contribution in [0.25, 0.3) is 11.1 Å². The molecule has 0 atom stereocenters. The van der Waals surface area contributed by atoms with Gasteiger partial charge in [-0.15, -0.1) is 5.10 Å². The van der Waals surface area contributed by atoms with Gasteiger partial charge in [-0.2, -0.15) is 23.3 Å². The Balaban J connectivity index is 2.14. The molecule has 0 saturated carbocycles. The molecule has 3 rings (SSSR count). The molecule has 0 aliphatic carbocycles. The molecule has 158 valence electrons. The normalized spacial score (nSPS) is 12.0. The molecule has 2 heterocycles. The Labute approximate surface area is 168 Å². The van der Waals surface area contributed by atoms with E-state index in [9.17, 15) is 18.3 Å². The number of aryl methyl sites for hydroxylation is 1. The lowest BCUT2D eigenvalue weighted by Crippen LogP contribution is -2.17. The fraction of sp³-hybridized carbons (Fsp3) is 0.222. The van der Waals surface area contributed by atoms with Crippen LogP contribution < -0.4 is 20.4 Å². The topological polar surface area (TPSA) is 118 Å². The molecular weight excluding hydrogens is 405 g/mol. The van der Waals surface area contributed by atoms with Crippen molar-refractivity contribution in [3.05, 3.63) is 47.1 Å². The first-order valence-electron chi connectivity index (χ1n) is 8.49. The molecule has 9 nitrogen and oxygen atoms in total. The molecule has 12 heteroatoms. The van der Waals surface area contributed by atoms with Crippen molar-refractivity contribution in [3.8, 4) is 34.6 Å². The van der Waals surface area contributed by atoms with Gasteiger partial charge in [0.1, 0.15) is 5.75 Å². The molecule has 1 aromatic carbocycles. The molecule has 0 radical (unpaired) electrons. The van der Waals surface area contributed by atoms with E-state index < -0.39 is 17.8 Å². The van der Waals surface area contributed by atoms with Crippen LogP contribution in [0.1, 0.15) is 11.1 Å². The predicted molar refractivity (Wildman–Crippen MR) is 98.7 cm³/mol. The number of nitrogens with zero attached hydrogens (tertiary/aromatic N) is 4. The van der Waals surface area contributed by atoms with E-state index in [-0.39, 0.29) is 28.6 Å². The van der Waals surface area contributed by atoms with Gasteiger partial charge in [0.05, 0.1) is 18.2 Å². The van der Waals surface area contributed by atoms with Gasteiger partial charge in [0.2, 0.25) is 11.8 Å². The Morgan fingerprint density at radius 2 is 1.97 bits per heavy atom. The molecule has 0 fully saturated rings. The third-order valence-corrected chi connectivity index (χ3v) is 3.96. The van der Waals surface area contributed by atoms with Crippen LogP contribution in [-0.4, -0.2) is 39.4 Å². The largest absolute Gasteiger partial charge is 0.480 e. The van der Waals surface area contributed by atoms with Crippen LogP contribution in [0.2, 0.25) is 0 Å². The average molecular weight is 422 g/mol. The second-order valence-electron chi connectivity index (χ2n) is 5.98. The lowest BCUT2D eigenvalue weighted by Gasteiger charge is -2.15. The Hall–Kier alpha value is -3.83. The third-order valence-electron chi connectivity index (χ3n) is 3.96. The Bertz CT molecular complexity index is 1130. The standard InChI is InChI=1S/C18H17F3N6O3/c1-9-6-14(25-27-15(9)26-22-2)30-13-7-10(18(19,20)21)4-5-11(13)12-8-23-17(28)24-16(12)29-3/h4-8,22H,1-3H3,(H,26,27)(H,23,24,28). The fourth-order valence-electron chi connectivity index (χ4n) is 2.58. The first kappa shape index (κ1) is 20.9. The van der Waals surface area contributed by atoms with Crippen molar-refractivity contribution in [2.24, 2.45) is 5.10 Å². The molecule has 0 aliphatic rings. The maximum atomic E-state index is 13.3. The molecule has 30 heavy (non-hydrogen) atoms. The summed E-state index contributed by atoms with van der Waals surface area (Å²) in [5.41, 5.74) is 3.21. The zero-order valence-electron chi connectivity index (χ0n) is 16.1. The van der Waals surface area contributed by atoms with Gasteiger partial charge in [-0.1, -0.05) is 0 Å². The van der Waals surface area contributed by atoms with Crippen LogP contribution in [0, 0.1) is 6.92 Å². The monoisotopic (exact) mass is 422 g/mol. The number of benzene rings is 1. The molecule has 0 amide bonds. The van der Waals surface area contributed by atoms with Crippen LogP contribution >= 0.6 is 0 Å². The van der Waals surface area contributed by atoms with E-state index in [1.54, 1.807) is 14.0 Å². The molecule has 0 bridgehead atoms. The van der Waals surface area contributed by atoms with Gasteiger partial charge >= 0.3 is 12.2 Å². The summed E-state index contributed by atoms with van der Waals surface area (Å²) < 4.78 is 50.6. The van der Waals surface area contributed by atoms with Crippen LogP contribution in [0.5, 0.6) is 23.5 Å². The highest BCUT2D eigenvalue weighted by molar-refractivity contribution is 5.74. The molecular formula is C18H17F3N6O3. The minimum Gasteiger partial charge on any atom is -0.480 e. The Morgan fingerprint density at radius 3 is 2.60 bits per heavy atom. The van der Waals surface area contributed by atoms with Crippen LogP contribution in [0.4, 0.5) is 13.2 Å². The number of H-pyrrole nitrogens is 1. The highest BCUT2D eigenvalue weighted by Gasteiger charge is 2.32. The minimum absolute atomic E-state index is 0.0155. The number of methoxy groups -OCH3 is 1. The van der Waals surface area contributed by atoms with Gasteiger partial charge in [0.15, 0.2) is 5.49 Å². The van der Waals surface area contributed by atoms with Crippen molar-refractivity contribution < 1.29 is 27.8 Å². The quantitative estimate of drug-likeness (QED) is 0.541. The van der Waals surface area contributed by atoms with E-state index in [1.165, 1.54) is 25.4 Å². The third kappa shape index (κ3) is 4.42. The van der Waals surface area contributed by atoms with Crippen molar-refractivity contribution in [2.45, 2.75) is 13.1 Å². The van der Waals surface area contributed by atoms with Crippen molar-refractivity contribution in [2.75, 3.05) is 14.2 Å². The van der Waals surface area contributed by atoms with E-state index in [0.29, 0.717) is 11.1 Å². The van der Waals surface area contributed by atoms with Gasteiger partial charge in [-0.25, -0.2) is 4.98 Å². The number of ether oxygens (including phenoxy) is 2. The van der Waals surface area contributed by atoms with Crippen molar-refractivity contribution >= 4 is 0 Å². The maximum Gasteiger partial charge on any atom is 0.416 e. The number of nitrogens with one attached hydrogen (secondary N) is 2. The van der Waals surface area contributed by atoms with Gasteiger partial charge in [0, 0.05) is 30.4 Å². The highest BCUT2D eigenvalue weighted by Crippen LogP contribution is 2.41. The number of hydrogen-bond acceptors (Lipinski definition) is 8. The van der Waals surface area contributed by atoms with Gasteiger partial charge < -0.3 is 20.0 Å². The number of aromatic nitrogens is 4. The lowest BCUT2D eigenvalue weighted by molar-refractivity contribution is -0.137. The molecule has 0 spiro atoms. The molecule has 0 unspecified atom stereocenters. The SMILES string of the molecule is CNN=c1[nH]nc(Oc2cc(C(F)(F)F)ccc2-c2cnc(O)nc2OC)cc1C. The maximum absolute atomic E-state index is 13.3. The molecule has 3 N–H and O–H groups in total. The average Bonchev–Trinajstić information content (AvgIpc) is 2.69. The smallest absolute Gasteiger partial charge is 0.416 e. The van der Waals surface area contributed by atoms with E-state index in [2.05, 4.69) is 30.7 Å². The number of halogens is 3. The van der Waals surface area contributed by atoms with Crippen LogP contribution in [0.3, 0.4) is 0 Å². The summed E-state index contributed by atoms with van der Waals surface area (Å²) in [6.07, 6.45) is -3.37. The number of aromatic hydroxyl groups is 1. The second kappa shape index (κ2) is 8.27. The lowest BCUT2D eigenvalue weighted by atomic mass is 10.0. The number of rotatable bonds is 5. The zero-order valence-corrected chi connectivity index (χ0v) is 16.1. The Morgan fingerprint density at radius 1 is 1.20 bits per heavy atom.